The Morgan fingerprint density at radius 1 is 1.24 bits per heavy atom. The van der Waals surface area contributed by atoms with Crippen molar-refractivity contribution in [1.29, 1.82) is 0 Å². The van der Waals surface area contributed by atoms with Gasteiger partial charge in [-0.15, -0.1) is 11.3 Å². The summed E-state index contributed by atoms with van der Waals surface area (Å²) in [5, 5.41) is 5.07. The fourth-order valence-corrected chi connectivity index (χ4v) is 3.20. The van der Waals surface area contributed by atoms with Gasteiger partial charge in [0.1, 0.15) is 17.7 Å². The van der Waals surface area contributed by atoms with E-state index in [0.29, 0.717) is 23.1 Å². The summed E-state index contributed by atoms with van der Waals surface area (Å²) in [5.41, 5.74) is 1.90. The fraction of sp³-hybridized carbons (Fsp3) is 0.182. The molecule has 1 heterocycles. The highest BCUT2D eigenvalue weighted by molar-refractivity contribution is 7.13. The average molecular weight is 412 g/mol. The van der Waals surface area contributed by atoms with Gasteiger partial charge in [-0.25, -0.2) is 9.37 Å². The largest absolute Gasteiger partial charge is 0.488 e. The van der Waals surface area contributed by atoms with E-state index in [1.54, 1.807) is 49.0 Å². The lowest BCUT2D eigenvalue weighted by Crippen LogP contribution is -2.18. The molecule has 1 N–H and O–H groups in total. The van der Waals surface area contributed by atoms with E-state index < -0.39 is 0 Å². The smallest absolute Gasteiger partial charge is 0.257 e. The molecule has 0 bridgehead atoms. The zero-order valence-electron chi connectivity index (χ0n) is 16.1. The van der Waals surface area contributed by atoms with Crippen molar-refractivity contribution in [2.75, 3.05) is 19.0 Å². The third-order valence-corrected chi connectivity index (χ3v) is 4.59. The van der Waals surface area contributed by atoms with Crippen LogP contribution in [0.2, 0.25) is 0 Å². The molecule has 0 aliphatic heterocycles. The van der Waals surface area contributed by atoms with Gasteiger partial charge in [0.15, 0.2) is 5.13 Å². The second-order valence-electron chi connectivity index (χ2n) is 6.35. The Kier molecular flexibility index (Phi) is 7.10. The molecule has 0 aliphatic carbocycles. The molecule has 0 saturated carbocycles. The molecule has 0 spiro atoms. The first-order valence-corrected chi connectivity index (χ1v) is 9.86. The van der Waals surface area contributed by atoms with E-state index in [4.69, 9.17) is 9.47 Å². The Bertz CT molecular complexity index is 989. The number of benzene rings is 2. The van der Waals surface area contributed by atoms with Gasteiger partial charge in [0.2, 0.25) is 0 Å². The summed E-state index contributed by atoms with van der Waals surface area (Å²) in [6.45, 7) is 2.30. The molecule has 1 atom stereocenters. The van der Waals surface area contributed by atoms with Gasteiger partial charge in [0.05, 0.1) is 6.61 Å². The number of rotatable bonds is 8. The van der Waals surface area contributed by atoms with E-state index in [-0.39, 0.29) is 17.8 Å². The molecular formula is C22H21FN2O3S. The summed E-state index contributed by atoms with van der Waals surface area (Å²) in [6.07, 6.45) is 5.03. The van der Waals surface area contributed by atoms with E-state index in [2.05, 4.69) is 10.3 Å². The highest BCUT2D eigenvalue weighted by atomic mass is 32.1. The second kappa shape index (κ2) is 9.95. The SMILES string of the molecule is COC[C@H](C)Oc1cc(/C=C/c2cccc(F)c2)cc(C(=O)Nc2nccs2)c1. The maximum absolute atomic E-state index is 13.4. The van der Waals surface area contributed by atoms with Crippen LogP contribution < -0.4 is 10.1 Å². The van der Waals surface area contributed by atoms with Gasteiger partial charge < -0.3 is 9.47 Å². The average Bonchev–Trinajstić information content (AvgIpc) is 3.19. The fourth-order valence-electron chi connectivity index (χ4n) is 2.68. The van der Waals surface area contributed by atoms with Crippen molar-refractivity contribution in [1.82, 2.24) is 4.98 Å². The van der Waals surface area contributed by atoms with Crippen LogP contribution in [0.5, 0.6) is 5.75 Å². The van der Waals surface area contributed by atoms with Crippen LogP contribution in [-0.2, 0) is 4.74 Å². The minimum Gasteiger partial charge on any atom is -0.488 e. The predicted octanol–water partition coefficient (Wildman–Crippen LogP) is 5.12. The third kappa shape index (κ3) is 6.23. The zero-order chi connectivity index (χ0) is 20.6. The van der Waals surface area contributed by atoms with Gasteiger partial charge in [-0.1, -0.05) is 24.3 Å². The van der Waals surface area contributed by atoms with Crippen LogP contribution in [-0.4, -0.2) is 30.7 Å². The van der Waals surface area contributed by atoms with Gasteiger partial charge >= 0.3 is 0 Å². The quantitative estimate of drug-likeness (QED) is 0.522. The molecule has 0 fully saturated rings. The van der Waals surface area contributed by atoms with E-state index in [9.17, 15) is 9.18 Å². The van der Waals surface area contributed by atoms with Crippen LogP contribution >= 0.6 is 11.3 Å². The first kappa shape index (κ1) is 20.7. The number of hydrogen-bond donors (Lipinski definition) is 1. The highest BCUT2D eigenvalue weighted by Gasteiger charge is 2.12. The molecule has 3 aromatic rings. The van der Waals surface area contributed by atoms with Crippen LogP contribution in [0.3, 0.4) is 0 Å². The minimum absolute atomic E-state index is 0.183. The summed E-state index contributed by atoms with van der Waals surface area (Å²) >= 11 is 1.34. The van der Waals surface area contributed by atoms with Gasteiger partial charge in [-0.05, 0) is 48.4 Å². The Morgan fingerprint density at radius 3 is 2.79 bits per heavy atom. The number of nitrogens with one attached hydrogen (secondary N) is 1. The summed E-state index contributed by atoms with van der Waals surface area (Å²) < 4.78 is 24.4. The van der Waals surface area contributed by atoms with Crippen LogP contribution in [0.25, 0.3) is 12.2 Å². The van der Waals surface area contributed by atoms with E-state index in [1.807, 2.05) is 19.1 Å². The van der Waals surface area contributed by atoms with Crippen LogP contribution in [0.1, 0.15) is 28.4 Å². The molecule has 7 heteroatoms. The van der Waals surface area contributed by atoms with Crippen molar-refractivity contribution in [2.24, 2.45) is 0 Å². The molecule has 3 rings (SSSR count). The number of thiazole rings is 1. The van der Waals surface area contributed by atoms with Crippen molar-refractivity contribution < 1.29 is 18.7 Å². The number of nitrogens with zero attached hydrogens (tertiary/aromatic N) is 1. The number of carbonyl (C=O) groups is 1. The van der Waals surface area contributed by atoms with Crippen molar-refractivity contribution >= 4 is 34.5 Å². The molecule has 29 heavy (non-hydrogen) atoms. The summed E-state index contributed by atoms with van der Waals surface area (Å²) in [4.78, 5) is 16.7. The number of methoxy groups -OCH3 is 1. The first-order valence-electron chi connectivity index (χ1n) is 8.98. The number of hydrogen-bond acceptors (Lipinski definition) is 5. The van der Waals surface area contributed by atoms with E-state index in [0.717, 1.165) is 11.1 Å². The molecular weight excluding hydrogens is 391 g/mol. The molecule has 1 aromatic heterocycles. The minimum atomic E-state index is -0.305. The monoisotopic (exact) mass is 412 g/mol. The zero-order valence-corrected chi connectivity index (χ0v) is 16.9. The Hall–Kier alpha value is -3.03. The molecule has 5 nitrogen and oxygen atoms in total. The lowest BCUT2D eigenvalue weighted by molar-refractivity contribution is 0.0917. The second-order valence-corrected chi connectivity index (χ2v) is 7.25. The Balaban J connectivity index is 1.88. The van der Waals surface area contributed by atoms with Crippen LogP contribution in [0.15, 0.2) is 54.0 Å². The molecule has 0 radical (unpaired) electrons. The highest BCUT2D eigenvalue weighted by Crippen LogP contribution is 2.22. The maximum Gasteiger partial charge on any atom is 0.257 e. The number of carbonyl (C=O) groups excluding carboxylic acids is 1. The third-order valence-electron chi connectivity index (χ3n) is 3.90. The summed E-state index contributed by atoms with van der Waals surface area (Å²) in [6, 6.07) is 11.5. The topological polar surface area (TPSA) is 60.5 Å². The van der Waals surface area contributed by atoms with Crippen molar-refractivity contribution in [3.05, 3.63) is 76.5 Å². The van der Waals surface area contributed by atoms with Crippen molar-refractivity contribution in [3.63, 3.8) is 0 Å². The standard InChI is InChI=1S/C22H21FN2O3S/c1-15(14-27-2)28-20-12-17(7-6-16-4-3-5-19(23)11-16)10-18(13-20)21(26)25-22-24-8-9-29-22/h3-13,15H,14H2,1-2H3,(H,24,25,26)/b7-6+/t15-/m0/s1. The molecule has 0 saturated heterocycles. The van der Waals surface area contributed by atoms with Gasteiger partial charge in [-0.3, -0.25) is 10.1 Å². The van der Waals surface area contributed by atoms with Crippen molar-refractivity contribution in [3.8, 4) is 5.75 Å². The van der Waals surface area contributed by atoms with Crippen molar-refractivity contribution in [2.45, 2.75) is 13.0 Å². The number of ether oxygens (including phenoxy) is 2. The Morgan fingerprint density at radius 2 is 2.07 bits per heavy atom. The Labute approximate surface area is 172 Å². The number of aromatic nitrogens is 1. The number of anilines is 1. The molecule has 2 aromatic carbocycles. The number of amides is 1. The number of halogens is 1. The molecule has 0 aliphatic rings. The van der Waals surface area contributed by atoms with Crippen LogP contribution in [0.4, 0.5) is 9.52 Å². The van der Waals surface area contributed by atoms with E-state index >= 15 is 0 Å². The lowest BCUT2D eigenvalue weighted by Gasteiger charge is -2.15. The summed E-state index contributed by atoms with van der Waals surface area (Å²) in [5.74, 6) is -0.0495. The van der Waals surface area contributed by atoms with Gasteiger partial charge in [-0.2, -0.15) is 0 Å². The first-order chi connectivity index (χ1) is 14.0. The predicted molar refractivity (Wildman–Crippen MR) is 114 cm³/mol. The van der Waals surface area contributed by atoms with E-state index in [1.165, 1.54) is 23.5 Å². The van der Waals surface area contributed by atoms with Gasteiger partial charge in [0, 0.05) is 24.3 Å². The molecule has 0 unspecified atom stereocenters. The molecule has 150 valence electrons. The van der Waals surface area contributed by atoms with Gasteiger partial charge in [0.25, 0.3) is 5.91 Å². The maximum atomic E-state index is 13.4. The lowest BCUT2D eigenvalue weighted by atomic mass is 10.1. The molecule has 1 amide bonds. The normalized spacial score (nSPS) is 12.1. The summed E-state index contributed by atoms with van der Waals surface area (Å²) in [7, 11) is 1.60. The van der Waals surface area contributed by atoms with Crippen LogP contribution in [0, 0.1) is 5.82 Å².